The zero-order chi connectivity index (χ0) is 13.0. The molecule has 1 aromatic rings. The molecule has 0 saturated heterocycles. The maximum absolute atomic E-state index is 12.8. The van der Waals surface area contributed by atoms with Crippen LogP contribution in [0.4, 0.5) is 8.78 Å². The Morgan fingerprint density at radius 1 is 1.65 bits per heavy atom. The third-order valence-corrected chi connectivity index (χ3v) is 2.66. The van der Waals surface area contributed by atoms with Crippen LogP contribution in [-0.4, -0.2) is 17.6 Å². The molecule has 17 heavy (non-hydrogen) atoms. The molecular formula is C10H9BrClF2NO2. The van der Waals surface area contributed by atoms with Crippen LogP contribution in [0.5, 0.6) is 0 Å². The molecule has 1 rings (SSSR count). The number of pyridine rings is 1. The highest BCUT2D eigenvalue weighted by Crippen LogP contribution is 2.28. The third-order valence-electron chi connectivity index (χ3n) is 1.93. The molecule has 0 saturated carbocycles. The SMILES string of the molecule is CCOC(=O)c1c(C(F)F)cc(Cl)nc1CBr. The number of nitrogens with zero attached hydrogens (tertiary/aromatic N) is 1. The summed E-state index contributed by atoms with van der Waals surface area (Å²) in [5.41, 5.74) is -0.535. The molecule has 1 heterocycles. The second-order valence-corrected chi connectivity index (χ2v) is 3.96. The van der Waals surface area contributed by atoms with Crippen molar-refractivity contribution in [3.63, 3.8) is 0 Å². The van der Waals surface area contributed by atoms with Crippen LogP contribution in [0.2, 0.25) is 5.15 Å². The number of rotatable bonds is 4. The number of hydrogen-bond acceptors (Lipinski definition) is 3. The number of aromatic nitrogens is 1. The molecule has 3 nitrogen and oxygen atoms in total. The van der Waals surface area contributed by atoms with Crippen molar-refractivity contribution in [1.82, 2.24) is 4.98 Å². The van der Waals surface area contributed by atoms with E-state index in [0.29, 0.717) is 0 Å². The normalized spacial score (nSPS) is 10.7. The van der Waals surface area contributed by atoms with E-state index in [1.165, 1.54) is 0 Å². The fraction of sp³-hybridized carbons (Fsp3) is 0.400. The fourth-order valence-corrected chi connectivity index (χ4v) is 1.92. The predicted octanol–water partition coefficient (Wildman–Crippen LogP) is 3.74. The Balaban J connectivity index is 3.36. The number of halogens is 4. The first-order chi connectivity index (χ1) is 8.01. The number of esters is 1. The molecule has 94 valence electrons. The lowest BCUT2D eigenvalue weighted by atomic mass is 10.1. The zero-order valence-electron chi connectivity index (χ0n) is 8.84. The highest BCUT2D eigenvalue weighted by atomic mass is 79.9. The summed E-state index contributed by atoms with van der Waals surface area (Å²) in [6, 6.07) is 0.977. The average Bonchev–Trinajstić information content (AvgIpc) is 2.27. The van der Waals surface area contributed by atoms with Gasteiger partial charge in [0.2, 0.25) is 0 Å². The van der Waals surface area contributed by atoms with E-state index >= 15 is 0 Å². The molecule has 0 amide bonds. The summed E-state index contributed by atoms with van der Waals surface area (Å²) < 4.78 is 30.4. The molecule has 0 radical (unpaired) electrons. The van der Waals surface area contributed by atoms with Gasteiger partial charge in [0.05, 0.1) is 17.9 Å². The molecular weight excluding hydrogens is 319 g/mol. The Hall–Kier alpha value is -0.750. The van der Waals surface area contributed by atoms with Crippen LogP contribution >= 0.6 is 27.5 Å². The van der Waals surface area contributed by atoms with Crippen molar-refractivity contribution in [2.45, 2.75) is 18.7 Å². The minimum Gasteiger partial charge on any atom is -0.462 e. The van der Waals surface area contributed by atoms with Crippen LogP contribution in [0.3, 0.4) is 0 Å². The van der Waals surface area contributed by atoms with Gasteiger partial charge in [-0.2, -0.15) is 0 Å². The molecule has 7 heteroatoms. The zero-order valence-corrected chi connectivity index (χ0v) is 11.2. The van der Waals surface area contributed by atoms with Crippen molar-refractivity contribution in [2.24, 2.45) is 0 Å². The van der Waals surface area contributed by atoms with Gasteiger partial charge in [-0.15, -0.1) is 0 Å². The van der Waals surface area contributed by atoms with Gasteiger partial charge in [0.25, 0.3) is 6.43 Å². The van der Waals surface area contributed by atoms with Gasteiger partial charge in [-0.05, 0) is 13.0 Å². The topological polar surface area (TPSA) is 39.2 Å². The van der Waals surface area contributed by atoms with Crippen molar-refractivity contribution in [2.75, 3.05) is 6.61 Å². The summed E-state index contributed by atoms with van der Waals surface area (Å²) in [7, 11) is 0. The van der Waals surface area contributed by atoms with Crippen molar-refractivity contribution in [3.05, 3.63) is 28.0 Å². The maximum atomic E-state index is 12.8. The number of ether oxygens (including phenoxy) is 1. The third kappa shape index (κ3) is 3.35. The van der Waals surface area contributed by atoms with E-state index in [9.17, 15) is 13.6 Å². The van der Waals surface area contributed by atoms with Crippen molar-refractivity contribution >= 4 is 33.5 Å². The molecule has 0 bridgehead atoms. The second kappa shape index (κ2) is 6.26. The Bertz CT molecular complexity index is 429. The number of alkyl halides is 3. The van der Waals surface area contributed by atoms with E-state index in [0.717, 1.165) is 6.07 Å². The van der Waals surface area contributed by atoms with Gasteiger partial charge in [-0.3, -0.25) is 0 Å². The van der Waals surface area contributed by atoms with Gasteiger partial charge < -0.3 is 4.74 Å². The first kappa shape index (κ1) is 14.3. The lowest BCUT2D eigenvalue weighted by molar-refractivity contribution is 0.0513. The smallest absolute Gasteiger partial charge is 0.340 e. The second-order valence-electron chi connectivity index (χ2n) is 3.01. The molecule has 0 N–H and O–H groups in total. The summed E-state index contributed by atoms with van der Waals surface area (Å²) in [4.78, 5) is 15.4. The molecule has 0 unspecified atom stereocenters. The van der Waals surface area contributed by atoms with Gasteiger partial charge in [0.15, 0.2) is 0 Å². The lowest BCUT2D eigenvalue weighted by Crippen LogP contribution is -2.13. The highest BCUT2D eigenvalue weighted by Gasteiger charge is 2.24. The first-order valence-electron chi connectivity index (χ1n) is 4.71. The molecule has 0 aliphatic carbocycles. The van der Waals surface area contributed by atoms with Gasteiger partial charge in [0, 0.05) is 10.9 Å². The highest BCUT2D eigenvalue weighted by molar-refractivity contribution is 9.08. The van der Waals surface area contributed by atoms with Crippen molar-refractivity contribution in [3.8, 4) is 0 Å². The summed E-state index contributed by atoms with van der Waals surface area (Å²) in [5.74, 6) is -0.818. The molecule has 0 aromatic carbocycles. The summed E-state index contributed by atoms with van der Waals surface area (Å²) in [6.07, 6.45) is -2.81. The van der Waals surface area contributed by atoms with Gasteiger partial charge in [-0.1, -0.05) is 27.5 Å². The minimum absolute atomic E-state index is 0.0807. The van der Waals surface area contributed by atoms with Gasteiger partial charge in [0.1, 0.15) is 5.15 Å². The van der Waals surface area contributed by atoms with Crippen molar-refractivity contribution in [1.29, 1.82) is 0 Å². The van der Waals surface area contributed by atoms with Crippen LogP contribution in [0.25, 0.3) is 0 Å². The van der Waals surface area contributed by atoms with Gasteiger partial charge in [-0.25, -0.2) is 18.6 Å². The Labute approximate surface area is 110 Å². The fourth-order valence-electron chi connectivity index (χ4n) is 1.29. The molecule has 0 aliphatic rings. The Kier molecular flexibility index (Phi) is 5.27. The summed E-state index contributed by atoms with van der Waals surface area (Å²) >= 11 is 8.68. The lowest BCUT2D eigenvalue weighted by Gasteiger charge is -2.11. The van der Waals surface area contributed by atoms with E-state index in [2.05, 4.69) is 20.9 Å². The first-order valence-corrected chi connectivity index (χ1v) is 6.21. The summed E-state index contributed by atoms with van der Waals surface area (Å²) in [6.45, 7) is 1.70. The van der Waals surface area contributed by atoms with Crippen LogP contribution in [-0.2, 0) is 10.1 Å². The van der Waals surface area contributed by atoms with E-state index in [1.807, 2.05) is 0 Å². The van der Waals surface area contributed by atoms with E-state index < -0.39 is 18.0 Å². The predicted molar refractivity (Wildman–Crippen MR) is 62.8 cm³/mol. The monoisotopic (exact) mass is 327 g/mol. The van der Waals surface area contributed by atoms with E-state index in [4.69, 9.17) is 16.3 Å². The number of carbonyl (C=O) groups excluding carboxylic acids is 1. The summed E-state index contributed by atoms with van der Waals surface area (Å²) in [5, 5.41) is 0.0596. The minimum atomic E-state index is -2.81. The Morgan fingerprint density at radius 3 is 2.76 bits per heavy atom. The number of hydrogen-bond donors (Lipinski definition) is 0. The maximum Gasteiger partial charge on any atom is 0.340 e. The van der Waals surface area contributed by atoms with E-state index in [-0.39, 0.29) is 28.3 Å². The largest absolute Gasteiger partial charge is 0.462 e. The molecule has 0 aliphatic heterocycles. The van der Waals surface area contributed by atoms with Gasteiger partial charge >= 0.3 is 5.97 Å². The average molecular weight is 329 g/mol. The van der Waals surface area contributed by atoms with Crippen LogP contribution in [0, 0.1) is 0 Å². The van der Waals surface area contributed by atoms with Crippen LogP contribution in [0.15, 0.2) is 6.07 Å². The number of carbonyl (C=O) groups is 1. The molecule has 0 spiro atoms. The van der Waals surface area contributed by atoms with Crippen molar-refractivity contribution < 1.29 is 18.3 Å². The Morgan fingerprint density at radius 2 is 2.29 bits per heavy atom. The van der Waals surface area contributed by atoms with Crippen LogP contribution < -0.4 is 0 Å². The molecule has 0 fully saturated rings. The quantitative estimate of drug-likeness (QED) is 0.480. The van der Waals surface area contributed by atoms with E-state index in [1.54, 1.807) is 6.92 Å². The molecule has 0 atom stereocenters. The standard InChI is InChI=1S/C10H9BrClF2NO2/c1-2-17-10(16)8-5(9(13)14)3-7(12)15-6(8)4-11/h3,9H,2,4H2,1H3. The molecule has 1 aromatic heterocycles. The van der Waals surface area contributed by atoms with Crippen LogP contribution in [0.1, 0.15) is 35.0 Å².